The molecule has 7 N–H and O–H groups in total. The average Bonchev–Trinajstić information content (AvgIpc) is 2.54. The molecule has 0 aliphatic heterocycles. The smallest absolute Gasteiger partial charge is 0.208 e. The van der Waals surface area contributed by atoms with Crippen molar-refractivity contribution >= 4 is 12.2 Å². The van der Waals surface area contributed by atoms with E-state index >= 15 is 0 Å². The van der Waals surface area contributed by atoms with E-state index in [1.54, 1.807) is 0 Å². The molecular weight excluding hydrogens is 304 g/mol. The first-order valence-corrected chi connectivity index (χ1v) is 6.29. The van der Waals surface area contributed by atoms with Crippen molar-refractivity contribution in [2.24, 2.45) is 0 Å². The van der Waals surface area contributed by atoms with Crippen molar-refractivity contribution < 1.29 is 35.7 Å². The van der Waals surface area contributed by atoms with Crippen molar-refractivity contribution in [1.82, 2.24) is 0 Å². The lowest BCUT2D eigenvalue weighted by atomic mass is 9.94. The van der Waals surface area contributed by atoms with Crippen molar-refractivity contribution in [2.45, 2.75) is 0 Å². The van der Waals surface area contributed by atoms with Crippen LogP contribution in [-0.2, 0) is 0 Å². The largest absolute Gasteiger partial charge is 0.504 e. The van der Waals surface area contributed by atoms with Crippen LogP contribution in [0.2, 0.25) is 0 Å². The van der Waals surface area contributed by atoms with Crippen molar-refractivity contribution in [3.8, 4) is 51.4 Å². The maximum absolute atomic E-state index is 10.1. The second-order valence-corrected chi connectivity index (χ2v) is 4.65. The highest BCUT2D eigenvalue weighted by atomic mass is 16.4. The fourth-order valence-corrected chi connectivity index (χ4v) is 2.21. The summed E-state index contributed by atoms with van der Waals surface area (Å²) in [7, 11) is 0. The van der Waals surface area contributed by atoms with E-state index in [1.165, 1.54) is 18.2 Å². The summed E-state index contributed by atoms with van der Waals surface area (Å²) < 4.78 is 0. The Labute approximate surface area is 130 Å². The third kappa shape index (κ3) is 2.15. The Balaban J connectivity index is 2.97. The van der Waals surface area contributed by atoms with Gasteiger partial charge in [0.25, 0.3) is 0 Å². The molecule has 0 radical (unpaired) electrons. The van der Waals surface area contributed by atoms with E-state index in [4.69, 9.17) is 0 Å². The maximum Gasteiger partial charge on any atom is 0.208 e. The molecule has 2 aromatic carbocycles. The number of benzene rings is 2. The zero-order valence-corrected chi connectivity index (χ0v) is 11.8. The molecule has 0 atom stereocenters. The normalized spacial score (nSPS) is 10.4. The molecule has 120 valence electrons. The lowest BCUT2D eigenvalue weighted by Gasteiger charge is -2.16. The molecule has 0 spiro atoms. The summed E-state index contributed by atoms with van der Waals surface area (Å²) >= 11 is 0. The first-order chi connectivity index (χ1) is 10.8. The quantitative estimate of drug-likeness (QED) is 0.340. The third-order valence-electron chi connectivity index (χ3n) is 3.41. The highest BCUT2D eigenvalue weighted by Gasteiger charge is 2.27. The van der Waals surface area contributed by atoms with Crippen LogP contribution in [-0.4, -0.2) is 35.7 Å². The topological polar surface area (TPSA) is 142 Å². The molecule has 0 unspecified atom stereocenters. The van der Waals surface area contributed by atoms with Gasteiger partial charge in [0.15, 0.2) is 23.0 Å². The molecule has 0 aliphatic carbocycles. The first-order valence-electron chi connectivity index (χ1n) is 6.29. The Morgan fingerprint density at radius 2 is 1.09 bits per heavy atom. The zero-order chi connectivity index (χ0) is 17.5. The minimum Gasteiger partial charge on any atom is -0.504 e. The van der Waals surface area contributed by atoms with Gasteiger partial charge in [-0.15, -0.1) is 0 Å². The third-order valence-corrected chi connectivity index (χ3v) is 3.41. The van der Waals surface area contributed by atoms with Gasteiger partial charge in [0.2, 0.25) is 17.2 Å². The number of hydrogen-bond donors (Lipinski definition) is 7. The van der Waals surface area contributed by atoms with Gasteiger partial charge < -0.3 is 35.7 Å². The second-order valence-electron chi connectivity index (χ2n) is 4.65. The molecule has 2 aromatic rings. The molecule has 0 saturated carbocycles. The predicted octanol–water partition coefficient (Wildman–Crippen LogP) is 2.58. The standard InChI is InChI=1S/C16H14O7/c1-3-6-5-8(11(18)10(17)7(6)4-2)9-12(19)14(21)16(23)15(22)13(9)20/h3-5,17-23H,1-2H2. The van der Waals surface area contributed by atoms with Gasteiger partial charge in [0.05, 0.1) is 5.56 Å². The van der Waals surface area contributed by atoms with E-state index in [2.05, 4.69) is 13.2 Å². The molecule has 0 fully saturated rings. The van der Waals surface area contributed by atoms with Crippen LogP contribution in [0.15, 0.2) is 19.2 Å². The SMILES string of the molecule is C=Cc1cc(-c2c(O)c(O)c(O)c(O)c2O)c(O)c(O)c1C=C. The number of hydrogen-bond acceptors (Lipinski definition) is 7. The molecule has 7 nitrogen and oxygen atoms in total. The molecule has 23 heavy (non-hydrogen) atoms. The molecule has 7 heteroatoms. The van der Waals surface area contributed by atoms with Crippen molar-refractivity contribution in [3.63, 3.8) is 0 Å². The summed E-state index contributed by atoms with van der Waals surface area (Å²) in [5.74, 6) is -6.63. The summed E-state index contributed by atoms with van der Waals surface area (Å²) in [6.07, 6.45) is 2.59. The number of rotatable bonds is 3. The molecule has 0 aliphatic rings. The molecule has 0 bridgehead atoms. The number of aromatic hydroxyl groups is 7. The van der Waals surface area contributed by atoms with E-state index in [0.717, 1.165) is 0 Å². The molecule has 0 heterocycles. The number of phenols is 7. The van der Waals surface area contributed by atoms with Gasteiger partial charge >= 0.3 is 0 Å². The van der Waals surface area contributed by atoms with Gasteiger partial charge in [-0.05, 0) is 11.6 Å². The predicted molar refractivity (Wildman–Crippen MR) is 83.7 cm³/mol. The van der Waals surface area contributed by atoms with Gasteiger partial charge in [0, 0.05) is 11.1 Å². The van der Waals surface area contributed by atoms with E-state index in [0.29, 0.717) is 5.56 Å². The van der Waals surface area contributed by atoms with Crippen LogP contribution in [0.4, 0.5) is 0 Å². The minimum atomic E-state index is -1.13. The Kier molecular flexibility index (Phi) is 3.72. The van der Waals surface area contributed by atoms with Gasteiger partial charge in [-0.1, -0.05) is 25.3 Å². The van der Waals surface area contributed by atoms with E-state index in [9.17, 15) is 35.7 Å². The van der Waals surface area contributed by atoms with E-state index in [1.807, 2.05) is 0 Å². The van der Waals surface area contributed by atoms with Crippen molar-refractivity contribution in [3.05, 3.63) is 30.4 Å². The van der Waals surface area contributed by atoms with Crippen LogP contribution in [0.25, 0.3) is 23.3 Å². The summed E-state index contributed by atoms with van der Waals surface area (Å²) in [5, 5.41) is 68.5. The lowest BCUT2D eigenvalue weighted by molar-refractivity contribution is 0.329. The monoisotopic (exact) mass is 318 g/mol. The maximum atomic E-state index is 10.1. The number of phenolic OH excluding ortho intramolecular Hbond substituents is 7. The molecule has 0 amide bonds. The van der Waals surface area contributed by atoms with Gasteiger partial charge in [0.1, 0.15) is 0 Å². The second kappa shape index (κ2) is 5.38. The Morgan fingerprint density at radius 1 is 0.609 bits per heavy atom. The van der Waals surface area contributed by atoms with Crippen LogP contribution in [0.1, 0.15) is 11.1 Å². The van der Waals surface area contributed by atoms with Crippen molar-refractivity contribution in [1.29, 1.82) is 0 Å². The highest BCUT2D eigenvalue weighted by Crippen LogP contribution is 2.57. The zero-order valence-electron chi connectivity index (χ0n) is 11.8. The Hall–Kier alpha value is -3.48. The molecule has 0 saturated heterocycles. The van der Waals surface area contributed by atoms with Crippen molar-refractivity contribution in [2.75, 3.05) is 0 Å². The van der Waals surface area contributed by atoms with Crippen LogP contribution < -0.4 is 0 Å². The van der Waals surface area contributed by atoms with E-state index in [-0.39, 0.29) is 11.1 Å². The average molecular weight is 318 g/mol. The summed E-state index contributed by atoms with van der Waals surface area (Å²) in [6, 6.07) is 1.24. The van der Waals surface area contributed by atoms with Crippen LogP contribution in [0.5, 0.6) is 40.2 Å². The van der Waals surface area contributed by atoms with Gasteiger partial charge in [-0.3, -0.25) is 0 Å². The van der Waals surface area contributed by atoms with Gasteiger partial charge in [-0.2, -0.15) is 0 Å². The first kappa shape index (κ1) is 15.9. The fourth-order valence-electron chi connectivity index (χ4n) is 2.21. The molecule has 0 aromatic heterocycles. The van der Waals surface area contributed by atoms with Gasteiger partial charge in [-0.25, -0.2) is 0 Å². The highest BCUT2D eigenvalue weighted by molar-refractivity contribution is 5.91. The Morgan fingerprint density at radius 3 is 1.52 bits per heavy atom. The van der Waals surface area contributed by atoms with E-state index < -0.39 is 45.8 Å². The van der Waals surface area contributed by atoms with Crippen LogP contribution >= 0.6 is 0 Å². The lowest BCUT2D eigenvalue weighted by Crippen LogP contribution is -1.90. The minimum absolute atomic E-state index is 0.160. The van der Waals surface area contributed by atoms with Crippen LogP contribution in [0, 0.1) is 0 Å². The summed E-state index contributed by atoms with van der Waals surface area (Å²) in [5.41, 5.74) is -0.420. The molecule has 2 rings (SSSR count). The summed E-state index contributed by atoms with van der Waals surface area (Å²) in [4.78, 5) is 0. The fraction of sp³-hybridized carbons (Fsp3) is 0. The molecular formula is C16H14O7. The van der Waals surface area contributed by atoms with Crippen LogP contribution in [0.3, 0.4) is 0 Å². The Bertz CT molecular complexity index is 808. The summed E-state index contributed by atoms with van der Waals surface area (Å²) in [6.45, 7) is 7.02.